The van der Waals surface area contributed by atoms with Crippen molar-refractivity contribution in [3.05, 3.63) is 18.6 Å². The Bertz CT molecular complexity index is 262. The Morgan fingerprint density at radius 2 is 2.54 bits per heavy atom. The lowest BCUT2D eigenvalue weighted by molar-refractivity contribution is 0.482. The van der Waals surface area contributed by atoms with Crippen LogP contribution in [0.1, 0.15) is 6.92 Å². The smallest absolute Gasteiger partial charge is 0.131 e. The van der Waals surface area contributed by atoms with Crippen molar-refractivity contribution >= 4 is 5.82 Å². The number of rotatable bonds is 1. The highest BCUT2D eigenvalue weighted by atomic mass is 15.2. The maximum Gasteiger partial charge on any atom is 0.131 e. The molecule has 13 heavy (non-hydrogen) atoms. The molecule has 0 spiro atoms. The second kappa shape index (κ2) is 3.70. The molecule has 1 aliphatic heterocycles. The largest absolute Gasteiger partial charge is 0.354 e. The van der Waals surface area contributed by atoms with Gasteiger partial charge in [0.1, 0.15) is 12.1 Å². The van der Waals surface area contributed by atoms with Crippen LogP contribution in [0.25, 0.3) is 0 Å². The van der Waals surface area contributed by atoms with Crippen molar-refractivity contribution in [2.24, 2.45) is 0 Å². The Hall–Kier alpha value is -1.16. The number of hydrogen-bond donors (Lipinski definition) is 1. The van der Waals surface area contributed by atoms with E-state index in [1.807, 2.05) is 6.07 Å². The molecule has 1 fully saturated rings. The van der Waals surface area contributed by atoms with Crippen molar-refractivity contribution in [3.63, 3.8) is 0 Å². The Balaban J connectivity index is 2.08. The van der Waals surface area contributed by atoms with E-state index in [0.29, 0.717) is 6.04 Å². The quantitative estimate of drug-likeness (QED) is 0.670. The lowest BCUT2D eigenvalue weighted by atomic mass is 10.2. The second-order valence-corrected chi connectivity index (χ2v) is 3.37. The van der Waals surface area contributed by atoms with Crippen molar-refractivity contribution in [2.45, 2.75) is 13.0 Å². The van der Waals surface area contributed by atoms with E-state index >= 15 is 0 Å². The molecule has 2 heterocycles. The Kier molecular flexibility index (Phi) is 2.40. The second-order valence-electron chi connectivity index (χ2n) is 3.37. The first kappa shape index (κ1) is 8.44. The predicted octanol–water partition coefficient (Wildman–Crippen LogP) is 0.275. The van der Waals surface area contributed by atoms with Gasteiger partial charge >= 0.3 is 0 Å². The summed E-state index contributed by atoms with van der Waals surface area (Å²) < 4.78 is 0. The molecular weight excluding hydrogens is 164 g/mol. The van der Waals surface area contributed by atoms with E-state index in [1.54, 1.807) is 12.5 Å². The van der Waals surface area contributed by atoms with Gasteiger partial charge in [0.2, 0.25) is 0 Å². The number of nitrogens with one attached hydrogen (secondary N) is 1. The van der Waals surface area contributed by atoms with E-state index in [4.69, 9.17) is 0 Å². The van der Waals surface area contributed by atoms with E-state index in [1.165, 1.54) is 0 Å². The first-order valence-corrected chi connectivity index (χ1v) is 4.60. The maximum atomic E-state index is 4.22. The van der Waals surface area contributed by atoms with Gasteiger partial charge in [-0.25, -0.2) is 9.97 Å². The number of hydrogen-bond acceptors (Lipinski definition) is 4. The first-order valence-electron chi connectivity index (χ1n) is 4.60. The molecule has 0 aliphatic carbocycles. The van der Waals surface area contributed by atoms with Crippen LogP contribution in [0.5, 0.6) is 0 Å². The summed E-state index contributed by atoms with van der Waals surface area (Å²) in [7, 11) is 0. The Labute approximate surface area is 78.0 Å². The number of aromatic nitrogens is 2. The minimum absolute atomic E-state index is 0.545. The van der Waals surface area contributed by atoms with E-state index in [0.717, 1.165) is 25.5 Å². The maximum absolute atomic E-state index is 4.22. The van der Waals surface area contributed by atoms with E-state index < -0.39 is 0 Å². The summed E-state index contributed by atoms with van der Waals surface area (Å²) >= 11 is 0. The molecular formula is C9H14N4. The highest BCUT2D eigenvalue weighted by Gasteiger charge is 2.15. The third-order valence-corrected chi connectivity index (χ3v) is 2.26. The Morgan fingerprint density at radius 3 is 3.23 bits per heavy atom. The van der Waals surface area contributed by atoms with Crippen molar-refractivity contribution < 1.29 is 0 Å². The molecule has 1 aliphatic rings. The monoisotopic (exact) mass is 178 g/mol. The van der Waals surface area contributed by atoms with Gasteiger partial charge in [0.25, 0.3) is 0 Å². The van der Waals surface area contributed by atoms with Gasteiger partial charge in [0.15, 0.2) is 0 Å². The molecule has 1 atom stereocenters. The lowest BCUT2D eigenvalue weighted by Gasteiger charge is -2.32. The normalized spacial score (nSPS) is 23.2. The van der Waals surface area contributed by atoms with Crippen LogP contribution in [0.2, 0.25) is 0 Å². The molecule has 4 nitrogen and oxygen atoms in total. The van der Waals surface area contributed by atoms with Crippen LogP contribution in [-0.2, 0) is 0 Å². The Morgan fingerprint density at radius 1 is 1.62 bits per heavy atom. The molecule has 2 rings (SSSR count). The zero-order chi connectivity index (χ0) is 9.10. The molecule has 1 aromatic rings. The molecule has 1 aromatic heterocycles. The van der Waals surface area contributed by atoms with Gasteiger partial charge in [-0.05, 0) is 13.0 Å². The summed E-state index contributed by atoms with van der Waals surface area (Å²) in [6.45, 7) is 5.27. The average molecular weight is 178 g/mol. The van der Waals surface area contributed by atoms with Crippen molar-refractivity contribution in [1.82, 2.24) is 15.3 Å². The van der Waals surface area contributed by atoms with Crippen molar-refractivity contribution in [2.75, 3.05) is 24.5 Å². The van der Waals surface area contributed by atoms with Crippen LogP contribution in [0.15, 0.2) is 18.6 Å². The minimum Gasteiger partial charge on any atom is -0.354 e. The SMILES string of the molecule is CC1CN(c2ccncn2)CCN1. The zero-order valence-electron chi connectivity index (χ0n) is 7.77. The summed E-state index contributed by atoms with van der Waals surface area (Å²) in [5, 5.41) is 3.40. The highest BCUT2D eigenvalue weighted by molar-refractivity contribution is 5.37. The molecule has 1 unspecified atom stereocenters. The zero-order valence-corrected chi connectivity index (χ0v) is 7.77. The molecule has 0 amide bonds. The third-order valence-electron chi connectivity index (χ3n) is 2.26. The van der Waals surface area contributed by atoms with Crippen LogP contribution in [0.3, 0.4) is 0 Å². The van der Waals surface area contributed by atoms with E-state index in [-0.39, 0.29) is 0 Å². The van der Waals surface area contributed by atoms with Crippen LogP contribution in [0, 0.1) is 0 Å². The number of anilines is 1. The molecule has 0 saturated carbocycles. The van der Waals surface area contributed by atoms with Gasteiger partial charge in [-0.1, -0.05) is 0 Å². The number of piperazine rings is 1. The molecule has 1 N–H and O–H groups in total. The molecule has 1 saturated heterocycles. The molecule has 0 aromatic carbocycles. The van der Waals surface area contributed by atoms with Gasteiger partial charge in [-0.3, -0.25) is 0 Å². The highest BCUT2D eigenvalue weighted by Crippen LogP contribution is 2.10. The van der Waals surface area contributed by atoms with Gasteiger partial charge in [-0.2, -0.15) is 0 Å². The molecule has 0 bridgehead atoms. The first-order chi connectivity index (χ1) is 6.36. The summed E-state index contributed by atoms with van der Waals surface area (Å²) in [4.78, 5) is 10.4. The average Bonchev–Trinajstić information content (AvgIpc) is 2.19. The lowest BCUT2D eigenvalue weighted by Crippen LogP contribution is -2.49. The van der Waals surface area contributed by atoms with Gasteiger partial charge in [0, 0.05) is 31.9 Å². The molecule has 0 radical (unpaired) electrons. The summed E-state index contributed by atoms with van der Waals surface area (Å²) in [5.74, 6) is 1.03. The fraction of sp³-hybridized carbons (Fsp3) is 0.556. The van der Waals surface area contributed by atoms with E-state index in [9.17, 15) is 0 Å². The standard InChI is InChI=1S/C9H14N4/c1-8-6-13(5-4-11-8)9-2-3-10-7-12-9/h2-3,7-8,11H,4-6H2,1H3. The van der Waals surface area contributed by atoms with Crippen LogP contribution in [-0.4, -0.2) is 35.6 Å². The summed E-state index contributed by atoms with van der Waals surface area (Å²) in [6, 6.07) is 2.50. The van der Waals surface area contributed by atoms with Gasteiger partial charge < -0.3 is 10.2 Å². The van der Waals surface area contributed by atoms with Crippen LogP contribution in [0.4, 0.5) is 5.82 Å². The van der Waals surface area contributed by atoms with Crippen LogP contribution >= 0.6 is 0 Å². The van der Waals surface area contributed by atoms with Crippen molar-refractivity contribution in [3.8, 4) is 0 Å². The number of nitrogens with zero attached hydrogens (tertiary/aromatic N) is 3. The fourth-order valence-corrected chi connectivity index (χ4v) is 1.61. The molecule has 4 heteroatoms. The topological polar surface area (TPSA) is 41.1 Å². The van der Waals surface area contributed by atoms with E-state index in [2.05, 4.69) is 27.1 Å². The third kappa shape index (κ3) is 1.95. The molecule has 70 valence electrons. The predicted molar refractivity (Wildman–Crippen MR) is 51.7 cm³/mol. The summed E-state index contributed by atoms with van der Waals surface area (Å²) in [5.41, 5.74) is 0. The fourth-order valence-electron chi connectivity index (χ4n) is 1.61. The minimum atomic E-state index is 0.545. The van der Waals surface area contributed by atoms with Gasteiger partial charge in [-0.15, -0.1) is 0 Å². The van der Waals surface area contributed by atoms with Gasteiger partial charge in [0.05, 0.1) is 0 Å². The van der Waals surface area contributed by atoms with Crippen LogP contribution < -0.4 is 10.2 Å². The summed E-state index contributed by atoms with van der Waals surface area (Å²) in [6.07, 6.45) is 3.39. The van der Waals surface area contributed by atoms with Crippen molar-refractivity contribution in [1.29, 1.82) is 0 Å².